The van der Waals surface area contributed by atoms with Crippen molar-refractivity contribution in [2.24, 2.45) is 0 Å². The summed E-state index contributed by atoms with van der Waals surface area (Å²) in [4.78, 5) is 11.2. The first-order valence-corrected chi connectivity index (χ1v) is 8.47. The van der Waals surface area contributed by atoms with Gasteiger partial charge < -0.3 is 25.4 Å². The normalized spacial score (nSPS) is 9.74. The Morgan fingerprint density at radius 1 is 1.07 bits per heavy atom. The summed E-state index contributed by atoms with van der Waals surface area (Å²) in [6, 6.07) is 10.2. The number of amides is 1. The van der Waals surface area contributed by atoms with E-state index in [4.69, 9.17) is 33.3 Å². The highest BCUT2D eigenvalue weighted by Crippen LogP contribution is 2.36. The minimum Gasteiger partial charge on any atom is -0.495 e. The second kappa shape index (κ2) is 9.07. The average molecular weight is 405 g/mol. The van der Waals surface area contributed by atoms with Crippen LogP contribution in [0.3, 0.4) is 0 Å². The highest BCUT2D eigenvalue weighted by atomic mass is 35.5. The predicted octanol–water partition coefficient (Wildman–Crippen LogP) is 4.00. The zero-order valence-corrected chi connectivity index (χ0v) is 16.4. The molecule has 0 saturated carbocycles. The number of hydrogen-bond acceptors (Lipinski definition) is 5. The van der Waals surface area contributed by atoms with E-state index < -0.39 is 0 Å². The van der Waals surface area contributed by atoms with Gasteiger partial charge in [0.05, 0.1) is 36.2 Å². The number of thiocarbonyl (C=S) groups is 1. The lowest BCUT2D eigenvalue weighted by Gasteiger charge is -2.16. The van der Waals surface area contributed by atoms with Gasteiger partial charge in [-0.25, -0.2) is 0 Å². The van der Waals surface area contributed by atoms with Crippen LogP contribution in [0.1, 0.15) is 12.5 Å². The summed E-state index contributed by atoms with van der Waals surface area (Å²) < 4.78 is 10.5. The van der Waals surface area contributed by atoms with Crippen molar-refractivity contribution in [3.05, 3.63) is 40.9 Å². The monoisotopic (exact) mass is 404 g/mol. The fourth-order valence-electron chi connectivity index (χ4n) is 2.26. The lowest BCUT2D eigenvalue weighted by Crippen LogP contribution is -2.19. The van der Waals surface area contributed by atoms with Crippen molar-refractivity contribution < 1.29 is 14.3 Å². The van der Waals surface area contributed by atoms with Crippen molar-refractivity contribution in [2.45, 2.75) is 6.92 Å². The van der Waals surface area contributed by atoms with E-state index >= 15 is 0 Å². The molecular formula is C18H17ClN4O3S. The first kappa shape index (κ1) is 20.3. The quantitative estimate of drug-likeness (QED) is 0.648. The number of ether oxygens (including phenoxy) is 2. The van der Waals surface area contributed by atoms with Crippen LogP contribution < -0.4 is 25.4 Å². The molecule has 9 heteroatoms. The maximum Gasteiger partial charge on any atom is 0.221 e. The molecule has 0 radical (unpaired) electrons. The number of methoxy groups -OCH3 is 2. The summed E-state index contributed by atoms with van der Waals surface area (Å²) in [5.41, 5.74) is 1.87. The second-order valence-electron chi connectivity index (χ2n) is 5.32. The molecule has 0 aliphatic heterocycles. The Kier molecular flexibility index (Phi) is 6.82. The van der Waals surface area contributed by atoms with Crippen molar-refractivity contribution in [2.75, 3.05) is 30.2 Å². The van der Waals surface area contributed by atoms with Crippen LogP contribution in [0.2, 0.25) is 5.02 Å². The van der Waals surface area contributed by atoms with Crippen LogP contribution in [0.5, 0.6) is 11.5 Å². The summed E-state index contributed by atoms with van der Waals surface area (Å²) in [6.07, 6.45) is 0. The van der Waals surface area contributed by atoms with Crippen LogP contribution in [0.15, 0.2) is 30.3 Å². The fourth-order valence-corrected chi connectivity index (χ4v) is 2.72. The van der Waals surface area contributed by atoms with E-state index in [2.05, 4.69) is 16.0 Å². The van der Waals surface area contributed by atoms with Crippen LogP contribution in [-0.2, 0) is 4.79 Å². The smallest absolute Gasteiger partial charge is 0.221 e. The Balaban J connectivity index is 2.18. The van der Waals surface area contributed by atoms with E-state index in [9.17, 15) is 10.1 Å². The first-order valence-electron chi connectivity index (χ1n) is 7.69. The number of nitrogens with zero attached hydrogens (tertiary/aromatic N) is 1. The third-order valence-electron chi connectivity index (χ3n) is 3.43. The summed E-state index contributed by atoms with van der Waals surface area (Å²) in [5.74, 6) is 0.720. The predicted molar refractivity (Wildman–Crippen MR) is 110 cm³/mol. The molecule has 0 atom stereocenters. The maximum absolute atomic E-state index is 11.2. The molecule has 0 unspecified atom stereocenters. The molecule has 2 aromatic carbocycles. The SMILES string of the molecule is COc1cc(OC)c(NC(=S)Nc2ccc(NC(C)=O)c(C#N)c2)cc1Cl. The van der Waals surface area contributed by atoms with Gasteiger partial charge in [0, 0.05) is 18.7 Å². The molecule has 2 rings (SSSR count). The summed E-state index contributed by atoms with van der Waals surface area (Å²) >= 11 is 11.5. The maximum atomic E-state index is 11.2. The first-order chi connectivity index (χ1) is 12.9. The Morgan fingerprint density at radius 2 is 1.78 bits per heavy atom. The van der Waals surface area contributed by atoms with Gasteiger partial charge >= 0.3 is 0 Å². The number of halogens is 1. The van der Waals surface area contributed by atoms with E-state index in [1.54, 1.807) is 30.3 Å². The van der Waals surface area contributed by atoms with Gasteiger partial charge in [-0.1, -0.05) is 11.6 Å². The molecule has 0 saturated heterocycles. The van der Waals surface area contributed by atoms with E-state index in [0.29, 0.717) is 39.1 Å². The highest BCUT2D eigenvalue weighted by molar-refractivity contribution is 7.80. The van der Waals surface area contributed by atoms with Gasteiger partial charge in [-0.2, -0.15) is 5.26 Å². The molecule has 1 amide bonds. The molecule has 0 spiro atoms. The molecule has 27 heavy (non-hydrogen) atoms. The molecule has 3 N–H and O–H groups in total. The van der Waals surface area contributed by atoms with Gasteiger partial charge in [-0.3, -0.25) is 4.79 Å². The van der Waals surface area contributed by atoms with Crippen molar-refractivity contribution in [1.82, 2.24) is 0 Å². The van der Waals surface area contributed by atoms with Gasteiger partial charge in [-0.05, 0) is 36.5 Å². The molecule has 7 nitrogen and oxygen atoms in total. The molecule has 0 fully saturated rings. The number of rotatable bonds is 5. The third-order valence-corrected chi connectivity index (χ3v) is 3.93. The minimum absolute atomic E-state index is 0.257. The molecule has 2 aromatic rings. The van der Waals surface area contributed by atoms with Gasteiger partial charge in [0.15, 0.2) is 5.11 Å². The zero-order chi connectivity index (χ0) is 20.0. The fraction of sp³-hybridized carbons (Fsp3) is 0.167. The number of nitrogens with one attached hydrogen (secondary N) is 3. The number of hydrogen-bond donors (Lipinski definition) is 3. The Hall–Kier alpha value is -3.02. The summed E-state index contributed by atoms with van der Waals surface area (Å²) in [6.45, 7) is 1.37. The molecule has 0 bridgehead atoms. The third kappa shape index (κ3) is 5.23. The van der Waals surface area contributed by atoms with Crippen LogP contribution in [0.4, 0.5) is 17.1 Å². The lowest BCUT2D eigenvalue weighted by atomic mass is 10.1. The Labute approximate surface area is 167 Å². The molecular weight excluding hydrogens is 388 g/mol. The molecule has 0 heterocycles. The Morgan fingerprint density at radius 3 is 2.37 bits per heavy atom. The van der Waals surface area contributed by atoms with Crippen molar-refractivity contribution in [3.8, 4) is 17.6 Å². The van der Waals surface area contributed by atoms with Crippen molar-refractivity contribution in [3.63, 3.8) is 0 Å². The van der Waals surface area contributed by atoms with Crippen molar-refractivity contribution >= 4 is 51.9 Å². The number of carbonyl (C=O) groups excluding carboxylic acids is 1. The minimum atomic E-state index is -0.257. The van der Waals surface area contributed by atoms with Gasteiger partial charge in [0.1, 0.15) is 17.6 Å². The standard InChI is InChI=1S/C18H17ClN4O3S/c1-10(24)21-14-5-4-12(6-11(14)9-20)22-18(27)23-15-7-13(19)16(25-2)8-17(15)26-3/h4-8H,1-3H3,(H,21,24)(H2,22,23,27). The van der Waals surface area contributed by atoms with Gasteiger partial charge in [0.25, 0.3) is 0 Å². The number of nitriles is 1. The van der Waals surface area contributed by atoms with Crippen LogP contribution >= 0.6 is 23.8 Å². The van der Waals surface area contributed by atoms with Crippen LogP contribution in [0.25, 0.3) is 0 Å². The highest BCUT2D eigenvalue weighted by Gasteiger charge is 2.12. The summed E-state index contributed by atoms with van der Waals surface area (Å²) in [7, 11) is 3.03. The largest absolute Gasteiger partial charge is 0.495 e. The Bertz CT molecular complexity index is 928. The number of carbonyl (C=O) groups is 1. The second-order valence-corrected chi connectivity index (χ2v) is 6.13. The summed E-state index contributed by atoms with van der Waals surface area (Å²) in [5, 5.41) is 18.5. The molecule has 0 aromatic heterocycles. The molecule has 0 aliphatic carbocycles. The van der Waals surface area contributed by atoms with Crippen LogP contribution in [0, 0.1) is 11.3 Å². The number of benzene rings is 2. The lowest BCUT2D eigenvalue weighted by molar-refractivity contribution is -0.114. The zero-order valence-electron chi connectivity index (χ0n) is 14.8. The number of anilines is 3. The topological polar surface area (TPSA) is 95.4 Å². The van der Waals surface area contributed by atoms with Gasteiger partial charge in [-0.15, -0.1) is 0 Å². The van der Waals surface area contributed by atoms with E-state index in [-0.39, 0.29) is 11.0 Å². The molecule has 0 aliphatic rings. The van der Waals surface area contributed by atoms with E-state index in [0.717, 1.165) is 0 Å². The van der Waals surface area contributed by atoms with E-state index in [1.165, 1.54) is 21.1 Å². The molecule has 140 valence electrons. The average Bonchev–Trinajstić information content (AvgIpc) is 2.62. The van der Waals surface area contributed by atoms with E-state index in [1.807, 2.05) is 6.07 Å². The van der Waals surface area contributed by atoms with Crippen molar-refractivity contribution in [1.29, 1.82) is 5.26 Å². The van der Waals surface area contributed by atoms with Crippen LogP contribution in [-0.4, -0.2) is 25.2 Å². The van der Waals surface area contributed by atoms with Gasteiger partial charge in [0.2, 0.25) is 5.91 Å².